The minimum absolute atomic E-state index is 0.996. The van der Waals surface area contributed by atoms with Crippen molar-refractivity contribution in [1.29, 1.82) is 0 Å². The van der Waals surface area contributed by atoms with Crippen LogP contribution in [-0.4, -0.2) is 6.54 Å². The van der Waals surface area contributed by atoms with Gasteiger partial charge in [-0.1, -0.05) is 46.3 Å². The molecule has 0 saturated heterocycles. The summed E-state index contributed by atoms with van der Waals surface area (Å²) in [5, 5.41) is 0. The summed E-state index contributed by atoms with van der Waals surface area (Å²) in [5.41, 5.74) is 4.23. The number of anilines is 1. The van der Waals surface area contributed by atoms with Crippen LogP contribution >= 0.6 is 15.9 Å². The number of hydrogen-bond acceptors (Lipinski definition) is 1. The molecule has 86 valence electrons. The predicted octanol–water partition coefficient (Wildman–Crippen LogP) is 4.01. The lowest BCUT2D eigenvalue weighted by Crippen LogP contribution is -2.19. The van der Waals surface area contributed by atoms with Crippen molar-refractivity contribution >= 4 is 21.6 Å². The van der Waals surface area contributed by atoms with Gasteiger partial charge in [0.2, 0.25) is 0 Å². The van der Waals surface area contributed by atoms with Crippen LogP contribution in [0.15, 0.2) is 53.0 Å². The van der Waals surface area contributed by atoms with Crippen LogP contribution in [0.1, 0.15) is 11.1 Å². The van der Waals surface area contributed by atoms with Gasteiger partial charge in [0.1, 0.15) is 0 Å². The number of para-hydroxylation sites is 1. The van der Waals surface area contributed by atoms with Crippen molar-refractivity contribution in [3.63, 3.8) is 0 Å². The van der Waals surface area contributed by atoms with Crippen LogP contribution in [0.5, 0.6) is 0 Å². The smallest absolute Gasteiger partial charge is 0.0430 e. The van der Waals surface area contributed by atoms with Crippen LogP contribution in [0.4, 0.5) is 5.69 Å². The molecular formula is C15H14BrN. The number of halogens is 1. The first-order chi connectivity index (χ1) is 8.33. The molecule has 0 spiro atoms. The van der Waals surface area contributed by atoms with Crippen LogP contribution in [0.25, 0.3) is 0 Å². The van der Waals surface area contributed by atoms with Crippen LogP contribution in [-0.2, 0) is 13.0 Å². The van der Waals surface area contributed by atoms with E-state index in [-0.39, 0.29) is 0 Å². The standard InChI is InChI=1S/C15H14BrN/c16-14-6-3-4-12(10-14)11-17-9-8-13-5-1-2-7-15(13)17/h1-7,10H,8-9,11H2. The summed E-state index contributed by atoms with van der Waals surface area (Å²) < 4.78 is 1.16. The molecule has 1 nitrogen and oxygen atoms in total. The molecule has 0 saturated carbocycles. The van der Waals surface area contributed by atoms with Crippen LogP contribution in [0, 0.1) is 0 Å². The van der Waals surface area contributed by atoms with E-state index in [1.165, 1.54) is 23.2 Å². The largest absolute Gasteiger partial charge is 0.367 e. The van der Waals surface area contributed by atoms with Gasteiger partial charge in [0, 0.05) is 23.2 Å². The zero-order chi connectivity index (χ0) is 11.7. The number of nitrogens with zero attached hydrogens (tertiary/aromatic N) is 1. The van der Waals surface area contributed by atoms with Gasteiger partial charge in [-0.15, -0.1) is 0 Å². The Balaban J connectivity index is 1.84. The molecule has 0 bridgehead atoms. The molecule has 0 amide bonds. The Morgan fingerprint density at radius 2 is 1.94 bits per heavy atom. The molecule has 0 fully saturated rings. The summed E-state index contributed by atoms with van der Waals surface area (Å²) in [5.74, 6) is 0. The molecule has 1 aliphatic heterocycles. The maximum absolute atomic E-state index is 3.52. The van der Waals surface area contributed by atoms with E-state index in [9.17, 15) is 0 Å². The molecule has 0 N–H and O–H groups in total. The van der Waals surface area contributed by atoms with Crippen molar-refractivity contribution in [3.8, 4) is 0 Å². The first-order valence-electron chi connectivity index (χ1n) is 5.90. The first-order valence-corrected chi connectivity index (χ1v) is 6.69. The van der Waals surface area contributed by atoms with Gasteiger partial charge >= 0.3 is 0 Å². The van der Waals surface area contributed by atoms with E-state index in [1.54, 1.807) is 0 Å². The Morgan fingerprint density at radius 3 is 2.82 bits per heavy atom. The fourth-order valence-corrected chi connectivity index (χ4v) is 2.87. The summed E-state index contributed by atoms with van der Waals surface area (Å²) in [4.78, 5) is 2.46. The van der Waals surface area contributed by atoms with Crippen molar-refractivity contribution in [1.82, 2.24) is 0 Å². The molecular weight excluding hydrogens is 274 g/mol. The third kappa shape index (κ3) is 2.22. The molecule has 0 aromatic heterocycles. The van der Waals surface area contributed by atoms with E-state index in [4.69, 9.17) is 0 Å². The molecule has 0 radical (unpaired) electrons. The van der Waals surface area contributed by atoms with Gasteiger partial charge in [0.15, 0.2) is 0 Å². The Morgan fingerprint density at radius 1 is 1.06 bits per heavy atom. The minimum Gasteiger partial charge on any atom is -0.367 e. The van der Waals surface area contributed by atoms with Crippen LogP contribution in [0.3, 0.4) is 0 Å². The first kappa shape index (κ1) is 10.8. The summed E-state index contributed by atoms with van der Waals surface area (Å²) in [6.45, 7) is 2.13. The Kier molecular flexibility index (Phi) is 2.89. The molecule has 17 heavy (non-hydrogen) atoms. The van der Waals surface area contributed by atoms with Gasteiger partial charge in [-0.25, -0.2) is 0 Å². The number of rotatable bonds is 2. The van der Waals surface area contributed by atoms with Gasteiger partial charge in [-0.2, -0.15) is 0 Å². The topological polar surface area (TPSA) is 3.24 Å². The highest BCUT2D eigenvalue weighted by atomic mass is 79.9. The highest BCUT2D eigenvalue weighted by Gasteiger charge is 2.17. The summed E-state index contributed by atoms with van der Waals surface area (Å²) >= 11 is 3.52. The third-order valence-electron chi connectivity index (χ3n) is 3.25. The third-order valence-corrected chi connectivity index (χ3v) is 3.74. The fraction of sp³-hybridized carbons (Fsp3) is 0.200. The number of hydrogen-bond donors (Lipinski definition) is 0. The molecule has 2 heteroatoms. The van der Waals surface area contributed by atoms with E-state index in [2.05, 4.69) is 69.4 Å². The summed E-state index contributed by atoms with van der Waals surface area (Å²) in [7, 11) is 0. The SMILES string of the molecule is Brc1cccc(CN2CCc3ccccc32)c1. The van der Waals surface area contributed by atoms with Crippen molar-refractivity contribution in [2.24, 2.45) is 0 Å². The molecule has 0 aliphatic carbocycles. The van der Waals surface area contributed by atoms with E-state index < -0.39 is 0 Å². The molecule has 3 rings (SSSR count). The maximum atomic E-state index is 3.52. The second kappa shape index (κ2) is 4.53. The van der Waals surface area contributed by atoms with Crippen molar-refractivity contribution in [2.75, 3.05) is 11.4 Å². The predicted molar refractivity (Wildman–Crippen MR) is 75.3 cm³/mol. The lowest BCUT2D eigenvalue weighted by Gasteiger charge is -2.19. The van der Waals surface area contributed by atoms with E-state index in [0.29, 0.717) is 0 Å². The molecule has 2 aromatic rings. The van der Waals surface area contributed by atoms with E-state index >= 15 is 0 Å². The lowest BCUT2D eigenvalue weighted by atomic mass is 10.2. The van der Waals surface area contributed by atoms with E-state index in [0.717, 1.165) is 17.6 Å². The van der Waals surface area contributed by atoms with Gasteiger partial charge in [0.05, 0.1) is 0 Å². The molecule has 1 aliphatic rings. The van der Waals surface area contributed by atoms with Crippen LogP contribution < -0.4 is 4.90 Å². The average Bonchev–Trinajstić information content (AvgIpc) is 2.73. The quantitative estimate of drug-likeness (QED) is 0.807. The van der Waals surface area contributed by atoms with Crippen molar-refractivity contribution in [2.45, 2.75) is 13.0 Å². The monoisotopic (exact) mass is 287 g/mol. The van der Waals surface area contributed by atoms with Gasteiger partial charge in [-0.3, -0.25) is 0 Å². The van der Waals surface area contributed by atoms with Gasteiger partial charge in [-0.05, 0) is 35.7 Å². The average molecular weight is 288 g/mol. The number of benzene rings is 2. The van der Waals surface area contributed by atoms with Gasteiger partial charge < -0.3 is 4.90 Å². The zero-order valence-corrected chi connectivity index (χ0v) is 11.2. The molecule has 1 heterocycles. The minimum atomic E-state index is 0.996. The second-order valence-corrected chi connectivity index (χ2v) is 5.35. The summed E-state index contributed by atoms with van der Waals surface area (Å²) in [6.07, 6.45) is 1.17. The fourth-order valence-electron chi connectivity index (χ4n) is 2.43. The maximum Gasteiger partial charge on any atom is 0.0430 e. The zero-order valence-electron chi connectivity index (χ0n) is 9.57. The second-order valence-electron chi connectivity index (χ2n) is 4.43. The van der Waals surface area contributed by atoms with Crippen LogP contribution in [0.2, 0.25) is 0 Å². The molecule has 0 atom stereocenters. The Hall–Kier alpha value is -1.28. The van der Waals surface area contributed by atoms with Gasteiger partial charge in [0.25, 0.3) is 0 Å². The highest BCUT2D eigenvalue weighted by molar-refractivity contribution is 9.10. The molecule has 2 aromatic carbocycles. The number of fused-ring (bicyclic) bond motifs is 1. The van der Waals surface area contributed by atoms with Crippen molar-refractivity contribution in [3.05, 3.63) is 64.1 Å². The lowest BCUT2D eigenvalue weighted by molar-refractivity contribution is 0.836. The summed E-state index contributed by atoms with van der Waals surface area (Å²) in [6, 6.07) is 17.3. The molecule has 0 unspecified atom stereocenters. The Bertz CT molecular complexity index is 536. The normalized spacial score (nSPS) is 13.8. The Labute approximate surface area is 110 Å². The highest BCUT2D eigenvalue weighted by Crippen LogP contribution is 2.29. The van der Waals surface area contributed by atoms with Crippen molar-refractivity contribution < 1.29 is 0 Å². The van der Waals surface area contributed by atoms with E-state index in [1.807, 2.05) is 0 Å².